The van der Waals surface area contributed by atoms with Gasteiger partial charge in [-0.2, -0.15) is 0 Å². The van der Waals surface area contributed by atoms with Crippen LogP contribution in [0.25, 0.3) is 0 Å². The normalized spacial score (nSPS) is 15.4. The Morgan fingerprint density at radius 1 is 1.35 bits per heavy atom. The van der Waals surface area contributed by atoms with Crippen LogP contribution in [0.4, 0.5) is 0 Å². The molecule has 1 aliphatic rings. The predicted molar refractivity (Wildman–Crippen MR) is 92.2 cm³/mol. The Labute approximate surface area is 141 Å². The van der Waals surface area contributed by atoms with Crippen LogP contribution in [0.1, 0.15) is 41.5 Å². The highest BCUT2D eigenvalue weighted by atomic mass is 32.2. The lowest BCUT2D eigenvalue weighted by Gasteiger charge is -2.19. The van der Waals surface area contributed by atoms with Crippen molar-refractivity contribution in [2.24, 2.45) is 5.92 Å². The highest BCUT2D eigenvalue weighted by Gasteiger charge is 2.33. The monoisotopic (exact) mass is 330 g/mol. The van der Waals surface area contributed by atoms with Crippen molar-refractivity contribution in [2.75, 3.05) is 5.75 Å². The van der Waals surface area contributed by atoms with Crippen molar-refractivity contribution < 1.29 is 9.32 Å². The number of carbonyl (C=O) groups is 1. The van der Waals surface area contributed by atoms with Gasteiger partial charge in [-0.1, -0.05) is 35.0 Å². The second-order valence-corrected chi connectivity index (χ2v) is 7.21. The smallest absolute Gasteiger partial charge is 0.230 e. The zero-order chi connectivity index (χ0) is 16.2. The summed E-state index contributed by atoms with van der Waals surface area (Å²) >= 11 is 1.55. The number of nitrogens with zero attached hydrogens (tertiary/aromatic N) is 1. The van der Waals surface area contributed by atoms with E-state index in [1.165, 1.54) is 24.0 Å². The average Bonchev–Trinajstić information content (AvgIpc) is 3.29. The first kappa shape index (κ1) is 16.1. The molecule has 0 bridgehead atoms. The van der Waals surface area contributed by atoms with E-state index in [2.05, 4.69) is 41.7 Å². The van der Waals surface area contributed by atoms with Gasteiger partial charge in [-0.15, -0.1) is 11.8 Å². The van der Waals surface area contributed by atoms with Crippen molar-refractivity contribution in [2.45, 2.75) is 38.5 Å². The Morgan fingerprint density at radius 3 is 2.70 bits per heavy atom. The van der Waals surface area contributed by atoms with Crippen LogP contribution in [-0.2, 0) is 10.5 Å². The van der Waals surface area contributed by atoms with E-state index in [9.17, 15) is 4.79 Å². The maximum atomic E-state index is 12.2. The molecule has 122 valence electrons. The third-order valence-electron chi connectivity index (χ3n) is 4.00. The van der Waals surface area contributed by atoms with Gasteiger partial charge in [-0.3, -0.25) is 4.79 Å². The largest absolute Gasteiger partial charge is 0.360 e. The lowest BCUT2D eigenvalue weighted by atomic mass is 10.0. The van der Waals surface area contributed by atoms with E-state index < -0.39 is 0 Å². The first-order chi connectivity index (χ1) is 11.1. The molecule has 1 aromatic heterocycles. The summed E-state index contributed by atoms with van der Waals surface area (Å²) in [6, 6.07) is 10.5. The number of thioether (sulfide) groups is 1. The molecule has 0 radical (unpaired) electrons. The van der Waals surface area contributed by atoms with Crippen molar-refractivity contribution >= 4 is 17.7 Å². The summed E-state index contributed by atoms with van der Waals surface area (Å²) < 4.78 is 5.15. The molecule has 3 rings (SSSR count). The van der Waals surface area contributed by atoms with Gasteiger partial charge in [0.15, 0.2) is 0 Å². The molecule has 1 saturated carbocycles. The molecule has 1 atom stereocenters. The lowest BCUT2D eigenvalue weighted by Crippen LogP contribution is -2.31. The number of aromatic nitrogens is 1. The Balaban J connectivity index is 1.51. The molecule has 0 spiro atoms. The minimum Gasteiger partial charge on any atom is -0.360 e. The van der Waals surface area contributed by atoms with Crippen molar-refractivity contribution in [3.63, 3.8) is 0 Å². The fourth-order valence-electron chi connectivity index (χ4n) is 2.62. The second kappa shape index (κ2) is 7.21. The SMILES string of the molecule is Cc1ccc([C@@H](NC(=O)CSCc2cc(C)no2)C2CC2)cc1. The predicted octanol–water partition coefficient (Wildman–Crippen LogP) is 3.79. The number of nitrogens with one attached hydrogen (secondary N) is 1. The summed E-state index contributed by atoms with van der Waals surface area (Å²) in [5.74, 6) is 2.60. The highest BCUT2D eigenvalue weighted by molar-refractivity contribution is 7.99. The Morgan fingerprint density at radius 2 is 2.09 bits per heavy atom. The van der Waals surface area contributed by atoms with E-state index >= 15 is 0 Å². The lowest BCUT2D eigenvalue weighted by molar-refractivity contribution is -0.119. The minimum atomic E-state index is 0.0868. The third-order valence-corrected chi connectivity index (χ3v) is 4.96. The van der Waals surface area contributed by atoms with Gasteiger partial charge in [0.2, 0.25) is 5.91 Å². The molecule has 1 amide bonds. The summed E-state index contributed by atoms with van der Waals surface area (Å²) in [6.07, 6.45) is 2.40. The van der Waals surface area contributed by atoms with Crippen LogP contribution in [0.15, 0.2) is 34.9 Å². The molecule has 1 aromatic carbocycles. The van der Waals surface area contributed by atoms with Crippen molar-refractivity contribution in [3.05, 3.63) is 52.9 Å². The van der Waals surface area contributed by atoms with E-state index in [0.717, 1.165) is 11.5 Å². The van der Waals surface area contributed by atoms with Gasteiger partial charge in [0.1, 0.15) is 5.76 Å². The fourth-order valence-corrected chi connectivity index (χ4v) is 3.33. The van der Waals surface area contributed by atoms with Crippen LogP contribution in [0.5, 0.6) is 0 Å². The number of aryl methyl sites for hydroxylation is 2. The quantitative estimate of drug-likeness (QED) is 0.839. The molecule has 0 aliphatic heterocycles. The molecule has 1 heterocycles. The molecule has 5 heteroatoms. The zero-order valence-electron chi connectivity index (χ0n) is 13.5. The van der Waals surface area contributed by atoms with Gasteiger partial charge in [-0.05, 0) is 38.2 Å². The summed E-state index contributed by atoms with van der Waals surface area (Å²) in [6.45, 7) is 3.97. The van der Waals surface area contributed by atoms with E-state index in [4.69, 9.17) is 4.52 Å². The second-order valence-electron chi connectivity index (χ2n) is 6.22. The molecule has 23 heavy (non-hydrogen) atoms. The van der Waals surface area contributed by atoms with Crippen LogP contribution < -0.4 is 5.32 Å². The number of hydrogen-bond donors (Lipinski definition) is 1. The maximum absolute atomic E-state index is 12.2. The highest BCUT2D eigenvalue weighted by Crippen LogP contribution is 2.41. The topological polar surface area (TPSA) is 55.1 Å². The molecule has 1 N–H and O–H groups in total. The van der Waals surface area contributed by atoms with Crippen LogP contribution in [0, 0.1) is 19.8 Å². The molecular formula is C18H22N2O2S. The van der Waals surface area contributed by atoms with E-state index in [-0.39, 0.29) is 11.9 Å². The number of rotatable bonds is 7. The Bertz CT molecular complexity index is 662. The summed E-state index contributed by atoms with van der Waals surface area (Å²) in [5.41, 5.74) is 3.33. The molecule has 1 aliphatic carbocycles. The molecule has 0 saturated heterocycles. The number of amides is 1. The van der Waals surface area contributed by atoms with Gasteiger partial charge in [-0.25, -0.2) is 0 Å². The molecule has 4 nitrogen and oxygen atoms in total. The molecular weight excluding hydrogens is 308 g/mol. The number of carbonyl (C=O) groups excluding carboxylic acids is 1. The minimum absolute atomic E-state index is 0.0868. The zero-order valence-corrected chi connectivity index (χ0v) is 14.4. The molecule has 0 unspecified atom stereocenters. The van der Waals surface area contributed by atoms with E-state index in [0.29, 0.717) is 17.4 Å². The Kier molecular flexibility index (Phi) is 5.06. The van der Waals surface area contributed by atoms with Crippen LogP contribution in [0.3, 0.4) is 0 Å². The van der Waals surface area contributed by atoms with Gasteiger partial charge in [0, 0.05) is 6.07 Å². The fraction of sp³-hybridized carbons (Fsp3) is 0.444. The van der Waals surface area contributed by atoms with Gasteiger partial charge in [0.25, 0.3) is 0 Å². The molecule has 2 aromatic rings. The number of hydrogen-bond acceptors (Lipinski definition) is 4. The molecule has 1 fully saturated rings. The van der Waals surface area contributed by atoms with Gasteiger partial charge in [0.05, 0.1) is 23.2 Å². The van der Waals surface area contributed by atoms with Crippen molar-refractivity contribution in [3.8, 4) is 0 Å². The number of benzene rings is 1. The van der Waals surface area contributed by atoms with Crippen LogP contribution in [0.2, 0.25) is 0 Å². The standard InChI is InChI=1S/C18H22N2O2S/c1-12-3-5-14(6-4-12)18(15-7-8-15)19-17(21)11-23-10-16-9-13(2)20-22-16/h3-6,9,15,18H,7-8,10-11H2,1-2H3,(H,19,21)/t18-/m1/s1. The Hall–Kier alpha value is -1.75. The van der Waals surface area contributed by atoms with E-state index in [1.54, 1.807) is 11.8 Å². The van der Waals surface area contributed by atoms with E-state index in [1.807, 2.05) is 13.0 Å². The van der Waals surface area contributed by atoms with Crippen LogP contribution in [-0.4, -0.2) is 16.8 Å². The summed E-state index contributed by atoms with van der Waals surface area (Å²) in [7, 11) is 0. The first-order valence-corrected chi connectivity index (χ1v) is 9.13. The van der Waals surface area contributed by atoms with Crippen molar-refractivity contribution in [1.29, 1.82) is 0 Å². The van der Waals surface area contributed by atoms with Crippen LogP contribution >= 0.6 is 11.8 Å². The van der Waals surface area contributed by atoms with Gasteiger partial charge >= 0.3 is 0 Å². The summed E-state index contributed by atoms with van der Waals surface area (Å²) in [5, 5.41) is 7.05. The first-order valence-electron chi connectivity index (χ1n) is 7.97. The summed E-state index contributed by atoms with van der Waals surface area (Å²) in [4.78, 5) is 12.2. The average molecular weight is 330 g/mol. The third kappa shape index (κ3) is 4.61. The maximum Gasteiger partial charge on any atom is 0.230 e. The van der Waals surface area contributed by atoms with Gasteiger partial charge < -0.3 is 9.84 Å². The van der Waals surface area contributed by atoms with Crippen molar-refractivity contribution in [1.82, 2.24) is 10.5 Å².